The third kappa shape index (κ3) is 6.05. The first-order chi connectivity index (χ1) is 8.15. The molecule has 1 N–H and O–H groups in total. The zero-order valence-electron chi connectivity index (χ0n) is 12.1. The lowest BCUT2D eigenvalue weighted by Crippen LogP contribution is -2.34. The van der Waals surface area contributed by atoms with E-state index < -0.39 is 0 Å². The van der Waals surface area contributed by atoms with Crippen LogP contribution in [-0.2, 0) is 4.79 Å². The Balaban J connectivity index is 0.00000289. The standard InChI is InChI=1S/C14H28N2O.ClH/c1-4-5-10-16(3)14(17)11-12(2)13-6-8-15-9-7-13;/h12-13,15H,4-11H2,1-3H3;1H. The quantitative estimate of drug-likeness (QED) is 0.809. The molecular weight excluding hydrogens is 248 g/mol. The number of nitrogens with one attached hydrogen (secondary N) is 1. The Labute approximate surface area is 118 Å². The van der Waals surface area contributed by atoms with Crippen LogP contribution in [0.1, 0.15) is 46.0 Å². The molecule has 1 amide bonds. The molecule has 1 atom stereocenters. The lowest BCUT2D eigenvalue weighted by Gasteiger charge is -2.29. The lowest BCUT2D eigenvalue weighted by atomic mass is 9.84. The van der Waals surface area contributed by atoms with Gasteiger partial charge in [0.2, 0.25) is 5.91 Å². The zero-order valence-corrected chi connectivity index (χ0v) is 12.9. The van der Waals surface area contributed by atoms with Crippen LogP contribution >= 0.6 is 12.4 Å². The van der Waals surface area contributed by atoms with E-state index in [1.54, 1.807) is 0 Å². The van der Waals surface area contributed by atoms with Gasteiger partial charge in [0.1, 0.15) is 0 Å². The third-order valence-electron chi connectivity index (χ3n) is 3.96. The molecule has 4 heteroatoms. The average molecular weight is 277 g/mol. The second kappa shape index (κ2) is 9.62. The summed E-state index contributed by atoms with van der Waals surface area (Å²) in [5.74, 6) is 1.60. The highest BCUT2D eigenvalue weighted by molar-refractivity contribution is 5.85. The largest absolute Gasteiger partial charge is 0.346 e. The fourth-order valence-electron chi connectivity index (χ4n) is 2.53. The van der Waals surface area contributed by atoms with Gasteiger partial charge in [-0.15, -0.1) is 12.4 Å². The molecule has 0 bridgehead atoms. The molecule has 1 aliphatic heterocycles. The van der Waals surface area contributed by atoms with Crippen molar-refractivity contribution in [2.24, 2.45) is 11.8 Å². The number of nitrogens with zero attached hydrogens (tertiary/aromatic N) is 1. The monoisotopic (exact) mass is 276 g/mol. The Kier molecular flexibility index (Phi) is 9.47. The molecule has 108 valence electrons. The highest BCUT2D eigenvalue weighted by Gasteiger charge is 2.22. The predicted molar refractivity (Wildman–Crippen MR) is 79.2 cm³/mol. The van der Waals surface area contributed by atoms with E-state index in [2.05, 4.69) is 19.2 Å². The lowest BCUT2D eigenvalue weighted by molar-refractivity contribution is -0.131. The SMILES string of the molecule is CCCCN(C)C(=O)CC(C)C1CCNCC1.Cl. The number of amides is 1. The maximum absolute atomic E-state index is 12.0. The highest BCUT2D eigenvalue weighted by Crippen LogP contribution is 2.24. The van der Waals surface area contributed by atoms with Crippen LogP contribution in [0.3, 0.4) is 0 Å². The molecule has 1 unspecified atom stereocenters. The van der Waals surface area contributed by atoms with Gasteiger partial charge in [0.25, 0.3) is 0 Å². The van der Waals surface area contributed by atoms with Crippen LogP contribution in [0.25, 0.3) is 0 Å². The summed E-state index contributed by atoms with van der Waals surface area (Å²) in [4.78, 5) is 13.9. The molecule has 1 rings (SSSR count). The zero-order chi connectivity index (χ0) is 12.7. The maximum Gasteiger partial charge on any atom is 0.222 e. The fraction of sp³-hybridized carbons (Fsp3) is 0.929. The van der Waals surface area contributed by atoms with Crippen LogP contribution in [0, 0.1) is 11.8 Å². The van der Waals surface area contributed by atoms with Gasteiger partial charge in [-0.2, -0.15) is 0 Å². The van der Waals surface area contributed by atoms with Crippen LogP contribution in [0.2, 0.25) is 0 Å². The summed E-state index contributed by atoms with van der Waals surface area (Å²) < 4.78 is 0. The summed E-state index contributed by atoms with van der Waals surface area (Å²) in [7, 11) is 1.94. The summed E-state index contributed by atoms with van der Waals surface area (Å²) >= 11 is 0. The van der Waals surface area contributed by atoms with Crippen LogP contribution in [-0.4, -0.2) is 37.5 Å². The van der Waals surface area contributed by atoms with Crippen molar-refractivity contribution in [3.05, 3.63) is 0 Å². The summed E-state index contributed by atoms with van der Waals surface area (Å²) in [6, 6.07) is 0. The van der Waals surface area contributed by atoms with Crippen molar-refractivity contribution in [1.29, 1.82) is 0 Å². The predicted octanol–water partition coefficient (Wildman–Crippen LogP) is 2.69. The van der Waals surface area contributed by atoms with E-state index in [1.807, 2.05) is 11.9 Å². The van der Waals surface area contributed by atoms with Crippen molar-refractivity contribution < 1.29 is 4.79 Å². The van der Waals surface area contributed by atoms with Gasteiger partial charge in [-0.05, 0) is 44.2 Å². The fourth-order valence-corrected chi connectivity index (χ4v) is 2.53. The molecule has 1 aliphatic rings. The van der Waals surface area contributed by atoms with Crippen LogP contribution < -0.4 is 5.32 Å². The first kappa shape index (κ1) is 17.7. The van der Waals surface area contributed by atoms with Crippen molar-refractivity contribution in [1.82, 2.24) is 10.2 Å². The molecule has 0 aromatic carbocycles. The van der Waals surface area contributed by atoms with Crippen LogP contribution in [0.15, 0.2) is 0 Å². The molecule has 0 radical (unpaired) electrons. The smallest absolute Gasteiger partial charge is 0.222 e. The summed E-state index contributed by atoms with van der Waals surface area (Å²) in [6.07, 6.45) is 5.45. The summed E-state index contributed by atoms with van der Waals surface area (Å²) in [6.45, 7) is 7.55. The Morgan fingerprint density at radius 3 is 2.56 bits per heavy atom. The Morgan fingerprint density at radius 1 is 1.39 bits per heavy atom. The number of hydrogen-bond acceptors (Lipinski definition) is 2. The van der Waals surface area contributed by atoms with E-state index >= 15 is 0 Å². The molecule has 0 spiro atoms. The molecule has 1 saturated heterocycles. The van der Waals surface area contributed by atoms with Crippen molar-refractivity contribution in [3.8, 4) is 0 Å². The molecule has 0 aromatic rings. The number of carbonyl (C=O) groups excluding carboxylic acids is 1. The van der Waals surface area contributed by atoms with Gasteiger partial charge < -0.3 is 10.2 Å². The second-order valence-corrected chi connectivity index (χ2v) is 5.44. The van der Waals surface area contributed by atoms with Gasteiger partial charge in [0, 0.05) is 20.0 Å². The minimum absolute atomic E-state index is 0. The number of hydrogen-bond donors (Lipinski definition) is 1. The third-order valence-corrected chi connectivity index (χ3v) is 3.96. The topological polar surface area (TPSA) is 32.3 Å². The van der Waals surface area contributed by atoms with E-state index in [0.717, 1.165) is 44.8 Å². The van der Waals surface area contributed by atoms with Crippen molar-refractivity contribution >= 4 is 18.3 Å². The van der Waals surface area contributed by atoms with E-state index in [9.17, 15) is 4.79 Å². The molecule has 0 saturated carbocycles. The summed E-state index contributed by atoms with van der Waals surface area (Å²) in [5.41, 5.74) is 0. The van der Waals surface area contributed by atoms with Gasteiger partial charge in [0.15, 0.2) is 0 Å². The summed E-state index contributed by atoms with van der Waals surface area (Å²) in [5, 5.41) is 3.38. The normalized spacial score (nSPS) is 17.9. The van der Waals surface area contributed by atoms with E-state index in [1.165, 1.54) is 12.8 Å². The van der Waals surface area contributed by atoms with E-state index in [4.69, 9.17) is 0 Å². The number of unbranched alkanes of at least 4 members (excludes halogenated alkanes) is 1. The average Bonchev–Trinajstić information content (AvgIpc) is 2.36. The first-order valence-corrected chi connectivity index (χ1v) is 7.09. The van der Waals surface area contributed by atoms with Gasteiger partial charge in [-0.3, -0.25) is 4.79 Å². The van der Waals surface area contributed by atoms with Crippen LogP contribution in [0.4, 0.5) is 0 Å². The van der Waals surface area contributed by atoms with Crippen molar-refractivity contribution in [2.75, 3.05) is 26.7 Å². The molecule has 1 heterocycles. The molecule has 0 aliphatic carbocycles. The maximum atomic E-state index is 12.0. The number of piperidine rings is 1. The molecule has 1 fully saturated rings. The number of carbonyl (C=O) groups is 1. The highest BCUT2D eigenvalue weighted by atomic mass is 35.5. The Hall–Kier alpha value is -0.280. The van der Waals surface area contributed by atoms with E-state index in [0.29, 0.717) is 11.8 Å². The molecule has 0 aromatic heterocycles. The first-order valence-electron chi connectivity index (χ1n) is 7.09. The van der Waals surface area contributed by atoms with Gasteiger partial charge in [0.05, 0.1) is 0 Å². The minimum Gasteiger partial charge on any atom is -0.346 e. The second-order valence-electron chi connectivity index (χ2n) is 5.44. The molecule has 3 nitrogen and oxygen atoms in total. The number of halogens is 1. The Bertz CT molecular complexity index is 230. The molecular formula is C14H29ClN2O. The van der Waals surface area contributed by atoms with Crippen LogP contribution in [0.5, 0.6) is 0 Å². The van der Waals surface area contributed by atoms with E-state index in [-0.39, 0.29) is 12.4 Å². The van der Waals surface area contributed by atoms with Gasteiger partial charge >= 0.3 is 0 Å². The van der Waals surface area contributed by atoms with Gasteiger partial charge in [-0.1, -0.05) is 20.3 Å². The Morgan fingerprint density at radius 2 is 2.00 bits per heavy atom. The molecule has 18 heavy (non-hydrogen) atoms. The number of rotatable bonds is 6. The minimum atomic E-state index is 0. The van der Waals surface area contributed by atoms with Gasteiger partial charge in [-0.25, -0.2) is 0 Å². The van der Waals surface area contributed by atoms with Crippen molar-refractivity contribution in [3.63, 3.8) is 0 Å². The van der Waals surface area contributed by atoms with Crippen molar-refractivity contribution in [2.45, 2.75) is 46.0 Å².